The molecule has 0 saturated heterocycles. The van der Waals surface area contributed by atoms with E-state index in [1.54, 1.807) is 0 Å². The first-order chi connectivity index (χ1) is 9.19. The van der Waals surface area contributed by atoms with Crippen molar-refractivity contribution in [2.75, 3.05) is 0 Å². The highest BCUT2D eigenvalue weighted by atomic mass is 16.3. The van der Waals surface area contributed by atoms with Crippen molar-refractivity contribution in [2.45, 2.75) is 71.8 Å². The molecule has 0 radical (unpaired) electrons. The Morgan fingerprint density at radius 2 is 1.47 bits per heavy atom. The van der Waals surface area contributed by atoms with Crippen LogP contribution in [-0.4, -0.2) is 10.2 Å². The number of phenols is 1. The summed E-state index contributed by atoms with van der Waals surface area (Å²) in [4.78, 5) is 0. The van der Waals surface area contributed by atoms with Crippen LogP contribution in [0.5, 0.6) is 5.75 Å². The quantitative estimate of drug-likeness (QED) is 0.645. The third kappa shape index (κ3) is 5.65. The molecule has 0 unspecified atom stereocenters. The maximum absolute atomic E-state index is 10.0. The van der Waals surface area contributed by atoms with Gasteiger partial charge in [0.2, 0.25) is 0 Å². The molecule has 2 N–H and O–H groups in total. The van der Waals surface area contributed by atoms with E-state index in [1.807, 2.05) is 19.1 Å². The molecule has 0 fully saturated rings. The highest BCUT2D eigenvalue weighted by Crippen LogP contribution is 2.26. The summed E-state index contributed by atoms with van der Waals surface area (Å²) >= 11 is 0. The molecule has 0 spiro atoms. The monoisotopic (exact) mass is 264 g/mol. The van der Waals surface area contributed by atoms with Crippen LogP contribution in [-0.2, 0) is 13.0 Å². The molecule has 0 aliphatic carbocycles. The van der Waals surface area contributed by atoms with Gasteiger partial charge < -0.3 is 10.2 Å². The number of unbranched alkanes of at least 4 members (excludes halogenated alkanes) is 6. The van der Waals surface area contributed by atoms with Crippen molar-refractivity contribution in [1.82, 2.24) is 0 Å². The lowest BCUT2D eigenvalue weighted by atomic mass is 9.99. The zero-order valence-electron chi connectivity index (χ0n) is 12.4. The number of aryl methyl sites for hydroxylation is 2. The zero-order chi connectivity index (χ0) is 14.1. The van der Waals surface area contributed by atoms with E-state index in [2.05, 4.69) is 6.92 Å². The lowest BCUT2D eigenvalue weighted by molar-refractivity contribution is 0.275. The molecule has 1 aromatic rings. The first kappa shape index (κ1) is 16.0. The fraction of sp³-hybridized carbons (Fsp3) is 0.647. The summed E-state index contributed by atoms with van der Waals surface area (Å²) in [6.07, 6.45) is 9.86. The smallest absolute Gasteiger partial charge is 0.124 e. The van der Waals surface area contributed by atoms with Crippen LogP contribution in [0.3, 0.4) is 0 Å². The number of hydrogen-bond acceptors (Lipinski definition) is 2. The predicted molar refractivity (Wildman–Crippen MR) is 80.5 cm³/mol. The fourth-order valence-electron chi connectivity index (χ4n) is 2.52. The summed E-state index contributed by atoms with van der Waals surface area (Å²) < 4.78 is 0. The topological polar surface area (TPSA) is 40.5 Å². The Morgan fingerprint density at radius 1 is 0.895 bits per heavy atom. The van der Waals surface area contributed by atoms with Crippen LogP contribution in [0, 0.1) is 6.92 Å². The van der Waals surface area contributed by atoms with E-state index in [0.717, 1.165) is 24.0 Å². The molecule has 0 amide bonds. The molecule has 2 heteroatoms. The van der Waals surface area contributed by atoms with Gasteiger partial charge in [-0.05, 0) is 25.3 Å². The second kappa shape index (κ2) is 8.98. The van der Waals surface area contributed by atoms with Crippen LogP contribution >= 0.6 is 0 Å². The van der Waals surface area contributed by atoms with Gasteiger partial charge in [-0.25, -0.2) is 0 Å². The maximum atomic E-state index is 10.0. The molecule has 0 aromatic heterocycles. The van der Waals surface area contributed by atoms with Crippen LogP contribution in [0.4, 0.5) is 0 Å². The van der Waals surface area contributed by atoms with E-state index in [0.29, 0.717) is 11.3 Å². The number of hydrogen-bond donors (Lipinski definition) is 2. The SMILES string of the molecule is CCCCCCCCCc1cc(C)cc(CO)c1O. The summed E-state index contributed by atoms with van der Waals surface area (Å²) in [7, 11) is 0. The second-order valence-corrected chi connectivity index (χ2v) is 5.46. The molecular formula is C17H28O2. The first-order valence-electron chi connectivity index (χ1n) is 7.61. The Labute approximate surface area is 117 Å². The molecule has 1 rings (SSSR count). The molecule has 0 aliphatic heterocycles. The average molecular weight is 264 g/mol. The van der Waals surface area contributed by atoms with E-state index < -0.39 is 0 Å². The summed E-state index contributed by atoms with van der Waals surface area (Å²) in [5, 5.41) is 19.2. The highest BCUT2D eigenvalue weighted by molar-refractivity contribution is 5.43. The van der Waals surface area contributed by atoms with Crippen molar-refractivity contribution in [2.24, 2.45) is 0 Å². The normalized spacial score (nSPS) is 10.9. The van der Waals surface area contributed by atoms with Crippen LogP contribution in [0.1, 0.15) is 68.6 Å². The van der Waals surface area contributed by atoms with E-state index in [4.69, 9.17) is 0 Å². The second-order valence-electron chi connectivity index (χ2n) is 5.46. The van der Waals surface area contributed by atoms with Gasteiger partial charge in [-0.15, -0.1) is 0 Å². The molecule has 108 valence electrons. The standard InChI is InChI=1S/C17H28O2/c1-3-4-5-6-7-8-9-10-15-11-14(2)12-16(13-18)17(15)19/h11-12,18-19H,3-10,13H2,1-2H3. The van der Waals surface area contributed by atoms with Crippen molar-refractivity contribution < 1.29 is 10.2 Å². The maximum Gasteiger partial charge on any atom is 0.124 e. The number of aliphatic hydroxyl groups is 1. The minimum absolute atomic E-state index is 0.0858. The minimum Gasteiger partial charge on any atom is -0.507 e. The van der Waals surface area contributed by atoms with Crippen LogP contribution in [0.25, 0.3) is 0 Å². The van der Waals surface area contributed by atoms with Gasteiger partial charge in [-0.2, -0.15) is 0 Å². The number of aliphatic hydroxyl groups excluding tert-OH is 1. The van der Waals surface area contributed by atoms with E-state index in [-0.39, 0.29) is 6.61 Å². The molecule has 0 heterocycles. The Kier molecular flexibility index (Phi) is 7.57. The summed E-state index contributed by atoms with van der Waals surface area (Å²) in [5.74, 6) is 0.291. The Hall–Kier alpha value is -1.02. The van der Waals surface area contributed by atoms with Gasteiger partial charge in [0, 0.05) is 5.56 Å². The van der Waals surface area contributed by atoms with Crippen molar-refractivity contribution in [1.29, 1.82) is 0 Å². The number of aromatic hydroxyl groups is 1. The molecule has 0 atom stereocenters. The highest BCUT2D eigenvalue weighted by Gasteiger charge is 2.07. The largest absolute Gasteiger partial charge is 0.507 e. The third-order valence-corrected chi connectivity index (χ3v) is 3.63. The van der Waals surface area contributed by atoms with Crippen LogP contribution in [0.2, 0.25) is 0 Å². The van der Waals surface area contributed by atoms with E-state index >= 15 is 0 Å². The van der Waals surface area contributed by atoms with Gasteiger partial charge in [0.05, 0.1) is 6.61 Å². The van der Waals surface area contributed by atoms with Crippen LogP contribution in [0.15, 0.2) is 12.1 Å². The Morgan fingerprint density at radius 3 is 2.11 bits per heavy atom. The van der Waals surface area contributed by atoms with E-state index in [1.165, 1.54) is 38.5 Å². The van der Waals surface area contributed by atoms with Gasteiger partial charge in [-0.1, -0.05) is 63.1 Å². The summed E-state index contributed by atoms with van der Waals surface area (Å²) in [6.45, 7) is 4.16. The lowest BCUT2D eigenvalue weighted by Gasteiger charge is -2.10. The van der Waals surface area contributed by atoms with Crippen molar-refractivity contribution in [3.05, 3.63) is 28.8 Å². The zero-order valence-corrected chi connectivity index (χ0v) is 12.4. The van der Waals surface area contributed by atoms with E-state index in [9.17, 15) is 10.2 Å². The van der Waals surface area contributed by atoms with Crippen molar-refractivity contribution in [3.8, 4) is 5.75 Å². The molecule has 0 saturated carbocycles. The number of benzene rings is 1. The van der Waals surface area contributed by atoms with Gasteiger partial charge in [0.1, 0.15) is 5.75 Å². The van der Waals surface area contributed by atoms with Crippen LogP contribution < -0.4 is 0 Å². The summed E-state index contributed by atoms with van der Waals surface area (Å²) in [5.41, 5.74) is 2.75. The molecule has 19 heavy (non-hydrogen) atoms. The number of rotatable bonds is 9. The molecule has 2 nitrogen and oxygen atoms in total. The predicted octanol–water partition coefficient (Wildman–Crippen LogP) is 4.49. The van der Waals surface area contributed by atoms with Crippen molar-refractivity contribution >= 4 is 0 Å². The first-order valence-corrected chi connectivity index (χ1v) is 7.61. The molecule has 0 bridgehead atoms. The lowest BCUT2D eigenvalue weighted by Crippen LogP contribution is -1.94. The third-order valence-electron chi connectivity index (χ3n) is 3.63. The minimum atomic E-state index is -0.0858. The van der Waals surface area contributed by atoms with Crippen molar-refractivity contribution in [3.63, 3.8) is 0 Å². The van der Waals surface area contributed by atoms with Gasteiger partial charge in [0.15, 0.2) is 0 Å². The Balaban J connectivity index is 2.35. The molecule has 1 aromatic carbocycles. The van der Waals surface area contributed by atoms with Gasteiger partial charge in [0.25, 0.3) is 0 Å². The molecular weight excluding hydrogens is 236 g/mol. The van der Waals surface area contributed by atoms with Gasteiger partial charge in [-0.3, -0.25) is 0 Å². The van der Waals surface area contributed by atoms with Gasteiger partial charge >= 0.3 is 0 Å². The molecule has 0 aliphatic rings. The Bertz CT molecular complexity index is 372. The summed E-state index contributed by atoms with van der Waals surface area (Å²) in [6, 6.07) is 3.88. The average Bonchev–Trinajstić information content (AvgIpc) is 2.41. The fourth-order valence-corrected chi connectivity index (χ4v) is 2.52.